The zero-order valence-electron chi connectivity index (χ0n) is 23.6. The first-order valence-corrected chi connectivity index (χ1v) is 13.1. The fraction of sp³-hybridized carbons (Fsp3) is 0.483. The van der Waals surface area contributed by atoms with Gasteiger partial charge in [-0.05, 0) is 68.0 Å². The first-order valence-electron chi connectivity index (χ1n) is 13.1. The molecule has 2 atom stereocenters. The molecule has 2 N–H and O–H groups in total. The first kappa shape index (κ1) is 29.9. The van der Waals surface area contributed by atoms with E-state index in [-0.39, 0.29) is 18.8 Å². The smallest absolute Gasteiger partial charge is 0.345 e. The van der Waals surface area contributed by atoms with Crippen molar-refractivity contribution in [1.82, 2.24) is 10.4 Å². The van der Waals surface area contributed by atoms with Gasteiger partial charge in [-0.3, -0.25) is 5.21 Å². The van der Waals surface area contributed by atoms with Gasteiger partial charge in [-0.1, -0.05) is 13.0 Å². The van der Waals surface area contributed by atoms with E-state index >= 15 is 0 Å². The van der Waals surface area contributed by atoms with Crippen LogP contribution in [0.15, 0.2) is 36.5 Å². The number of urea groups is 1. The maximum atomic E-state index is 11.8. The number of hydrogen-bond acceptors (Lipinski definition) is 8. The summed E-state index contributed by atoms with van der Waals surface area (Å²) in [6, 6.07) is 7.28. The summed E-state index contributed by atoms with van der Waals surface area (Å²) in [7, 11) is 6.39. The van der Waals surface area contributed by atoms with E-state index in [2.05, 4.69) is 11.4 Å². The molecule has 0 radical (unpaired) electrons. The minimum Gasteiger partial charge on any atom is -0.493 e. The predicted molar refractivity (Wildman–Crippen MR) is 146 cm³/mol. The summed E-state index contributed by atoms with van der Waals surface area (Å²) in [6.07, 6.45) is 5.96. The second kappa shape index (κ2) is 14.5. The Morgan fingerprint density at radius 3 is 2.03 bits per heavy atom. The molecule has 0 aromatic heterocycles. The van der Waals surface area contributed by atoms with E-state index in [0.29, 0.717) is 46.8 Å². The summed E-state index contributed by atoms with van der Waals surface area (Å²) in [5.41, 5.74) is 2.83. The molecule has 2 amide bonds. The SMILES string of the molecule is CCCOc1c(C/C=C/NC(=O)N(O)CC)cc(C2CCC(c3cc(OC)c(OC)c(OC)c3)O2)cc1OC. The largest absolute Gasteiger partial charge is 0.493 e. The Morgan fingerprint density at radius 2 is 1.51 bits per heavy atom. The predicted octanol–water partition coefficient (Wildman–Crippen LogP) is 5.58. The van der Waals surface area contributed by atoms with Crippen LogP contribution in [0.4, 0.5) is 4.79 Å². The number of amides is 2. The van der Waals surface area contributed by atoms with Crippen LogP contribution >= 0.6 is 0 Å². The Kier molecular flexibility index (Phi) is 11.1. The number of hydroxylamine groups is 2. The van der Waals surface area contributed by atoms with Crippen LogP contribution in [0.1, 0.15) is 62.0 Å². The molecule has 0 aliphatic carbocycles. The normalized spacial score (nSPS) is 16.7. The molecular weight excluding hydrogens is 504 g/mol. The number of nitrogens with one attached hydrogen (secondary N) is 1. The molecule has 214 valence electrons. The standard InChI is InChI=1S/C29H40N2O8/c1-7-14-38-27-19(10-9-13-30-29(32)31(33)8-2)15-20(16-24(27)34-3)22-11-12-23(39-22)21-17-25(35-4)28(37-6)26(18-21)36-5/h9,13,15-18,22-23,33H,7-8,10-12,14H2,1-6H3,(H,30,32)/b13-9+. The van der Waals surface area contributed by atoms with Gasteiger partial charge in [-0.2, -0.15) is 0 Å². The van der Waals surface area contributed by atoms with Crippen molar-refractivity contribution >= 4 is 6.03 Å². The minimum atomic E-state index is -0.597. The third kappa shape index (κ3) is 7.27. The van der Waals surface area contributed by atoms with E-state index in [4.69, 9.17) is 28.4 Å². The summed E-state index contributed by atoms with van der Waals surface area (Å²) in [5, 5.41) is 12.7. The highest BCUT2D eigenvalue weighted by Gasteiger charge is 2.31. The van der Waals surface area contributed by atoms with Crippen LogP contribution in [0, 0.1) is 0 Å². The third-order valence-corrected chi connectivity index (χ3v) is 6.47. The minimum absolute atomic E-state index is 0.149. The zero-order valence-corrected chi connectivity index (χ0v) is 23.6. The van der Waals surface area contributed by atoms with E-state index in [1.807, 2.05) is 25.1 Å². The molecule has 1 aliphatic rings. The molecule has 1 saturated heterocycles. The van der Waals surface area contributed by atoms with Crippen molar-refractivity contribution in [3.63, 3.8) is 0 Å². The summed E-state index contributed by atoms with van der Waals surface area (Å²) >= 11 is 0. The summed E-state index contributed by atoms with van der Waals surface area (Å²) in [5.74, 6) is 3.00. The highest BCUT2D eigenvalue weighted by atomic mass is 16.5. The van der Waals surface area contributed by atoms with Crippen molar-refractivity contribution < 1.29 is 38.4 Å². The Balaban J connectivity index is 1.86. The highest BCUT2D eigenvalue weighted by Crippen LogP contribution is 2.47. The van der Waals surface area contributed by atoms with Gasteiger partial charge in [0.25, 0.3) is 0 Å². The molecule has 1 heterocycles. The van der Waals surface area contributed by atoms with Gasteiger partial charge in [0, 0.05) is 18.3 Å². The second-order valence-electron chi connectivity index (χ2n) is 8.98. The van der Waals surface area contributed by atoms with Crippen molar-refractivity contribution in [2.24, 2.45) is 0 Å². The van der Waals surface area contributed by atoms with Gasteiger partial charge in [0.2, 0.25) is 5.75 Å². The second-order valence-corrected chi connectivity index (χ2v) is 8.98. The van der Waals surface area contributed by atoms with Gasteiger partial charge in [-0.25, -0.2) is 9.86 Å². The number of hydrogen-bond donors (Lipinski definition) is 2. The first-order chi connectivity index (χ1) is 18.9. The quantitative estimate of drug-likeness (QED) is 0.249. The van der Waals surface area contributed by atoms with Crippen molar-refractivity contribution in [2.75, 3.05) is 41.6 Å². The molecule has 2 aromatic rings. The summed E-state index contributed by atoms with van der Waals surface area (Å²) in [6.45, 7) is 4.45. The Hall–Kier alpha value is -3.63. The summed E-state index contributed by atoms with van der Waals surface area (Å²) in [4.78, 5) is 11.8. The van der Waals surface area contributed by atoms with Gasteiger partial charge in [0.05, 0.1) is 47.3 Å². The fourth-order valence-corrected chi connectivity index (χ4v) is 4.49. The molecule has 10 heteroatoms. The van der Waals surface area contributed by atoms with Gasteiger partial charge < -0.3 is 33.7 Å². The number of methoxy groups -OCH3 is 4. The number of benzene rings is 2. The van der Waals surface area contributed by atoms with E-state index < -0.39 is 6.03 Å². The lowest BCUT2D eigenvalue weighted by atomic mass is 9.99. The molecule has 1 fully saturated rings. The Morgan fingerprint density at radius 1 is 0.949 bits per heavy atom. The molecule has 3 rings (SSSR count). The lowest BCUT2D eigenvalue weighted by Gasteiger charge is -2.20. The molecule has 39 heavy (non-hydrogen) atoms. The van der Waals surface area contributed by atoms with E-state index in [0.717, 1.165) is 36.0 Å². The van der Waals surface area contributed by atoms with Gasteiger partial charge in [0.1, 0.15) is 0 Å². The number of rotatable bonds is 13. The van der Waals surface area contributed by atoms with Crippen molar-refractivity contribution in [1.29, 1.82) is 0 Å². The maximum absolute atomic E-state index is 11.8. The van der Waals surface area contributed by atoms with E-state index in [9.17, 15) is 10.0 Å². The summed E-state index contributed by atoms with van der Waals surface area (Å²) < 4.78 is 34.8. The van der Waals surface area contributed by atoms with Crippen LogP contribution in [0.2, 0.25) is 0 Å². The molecular formula is C29H40N2O8. The van der Waals surface area contributed by atoms with Crippen molar-refractivity contribution in [2.45, 2.75) is 51.7 Å². The van der Waals surface area contributed by atoms with Crippen LogP contribution < -0.4 is 29.0 Å². The topological polar surface area (TPSA) is 108 Å². The number of nitrogens with zero attached hydrogens (tertiary/aromatic N) is 1. The fourth-order valence-electron chi connectivity index (χ4n) is 4.49. The molecule has 2 aromatic carbocycles. The molecule has 2 unspecified atom stereocenters. The van der Waals surface area contributed by atoms with E-state index in [1.165, 1.54) is 6.20 Å². The van der Waals surface area contributed by atoms with Crippen LogP contribution in [-0.4, -0.2) is 57.9 Å². The monoisotopic (exact) mass is 544 g/mol. The number of allylic oxidation sites excluding steroid dienone is 1. The number of carbonyl (C=O) groups is 1. The van der Waals surface area contributed by atoms with Gasteiger partial charge >= 0.3 is 6.03 Å². The van der Waals surface area contributed by atoms with Crippen molar-refractivity contribution in [3.05, 3.63) is 53.2 Å². The van der Waals surface area contributed by atoms with Crippen LogP contribution in [0.3, 0.4) is 0 Å². The maximum Gasteiger partial charge on any atom is 0.345 e. The van der Waals surface area contributed by atoms with Gasteiger partial charge in [0.15, 0.2) is 23.0 Å². The molecule has 0 saturated carbocycles. The zero-order chi connectivity index (χ0) is 28.4. The van der Waals surface area contributed by atoms with Crippen LogP contribution in [0.25, 0.3) is 0 Å². The van der Waals surface area contributed by atoms with Crippen LogP contribution in [0.5, 0.6) is 28.7 Å². The number of carbonyl (C=O) groups excluding carboxylic acids is 1. The van der Waals surface area contributed by atoms with Crippen molar-refractivity contribution in [3.8, 4) is 28.7 Å². The average molecular weight is 545 g/mol. The average Bonchev–Trinajstić information content (AvgIpc) is 3.47. The van der Waals surface area contributed by atoms with E-state index in [1.54, 1.807) is 41.4 Å². The number of ether oxygens (including phenoxy) is 6. The molecule has 10 nitrogen and oxygen atoms in total. The molecule has 0 bridgehead atoms. The lowest BCUT2D eigenvalue weighted by Crippen LogP contribution is -2.34. The molecule has 0 spiro atoms. The Bertz CT molecular complexity index is 1110. The van der Waals surface area contributed by atoms with Crippen LogP contribution in [-0.2, 0) is 11.2 Å². The molecule has 1 aliphatic heterocycles. The Labute approximate surface area is 230 Å². The lowest BCUT2D eigenvalue weighted by molar-refractivity contribution is -0.0371. The van der Waals surface area contributed by atoms with Gasteiger partial charge in [-0.15, -0.1) is 0 Å². The third-order valence-electron chi connectivity index (χ3n) is 6.47. The highest BCUT2D eigenvalue weighted by molar-refractivity contribution is 5.73.